The highest BCUT2D eigenvalue weighted by atomic mass is 16.5. The number of hydrogen-bond donors (Lipinski definition) is 2. The summed E-state index contributed by atoms with van der Waals surface area (Å²) in [5.41, 5.74) is 6.36. The van der Waals surface area contributed by atoms with Crippen molar-refractivity contribution in [2.45, 2.75) is 38.8 Å². The van der Waals surface area contributed by atoms with Gasteiger partial charge in [0.1, 0.15) is 0 Å². The molecule has 1 amide bonds. The Morgan fingerprint density at radius 2 is 2.10 bits per heavy atom. The molecule has 0 spiro atoms. The van der Waals surface area contributed by atoms with Crippen LogP contribution in [0.25, 0.3) is 0 Å². The Morgan fingerprint density at radius 3 is 2.80 bits per heavy atom. The van der Waals surface area contributed by atoms with Crippen molar-refractivity contribution in [1.29, 1.82) is 0 Å². The fourth-order valence-corrected chi connectivity index (χ4v) is 1.75. The van der Waals surface area contributed by atoms with E-state index in [0.29, 0.717) is 13.2 Å². The molecule has 0 bridgehead atoms. The van der Waals surface area contributed by atoms with E-state index in [1.165, 1.54) is 5.56 Å². The minimum Gasteiger partial charge on any atom is -0.376 e. The molecule has 20 heavy (non-hydrogen) atoms. The molecule has 0 aliphatic carbocycles. The van der Waals surface area contributed by atoms with Crippen LogP contribution >= 0.6 is 0 Å². The molecule has 4 heteroatoms. The number of ether oxygens (including phenoxy) is 1. The summed E-state index contributed by atoms with van der Waals surface area (Å²) in [5.74, 6) is -0.300. The maximum absolute atomic E-state index is 10.8. The molecule has 1 unspecified atom stereocenters. The minimum atomic E-state index is -0.300. The molecule has 4 nitrogen and oxygen atoms in total. The SMILES string of the molecule is CC(NCCCC[CH]COCc1ccccc1)C(N)=O. The summed E-state index contributed by atoms with van der Waals surface area (Å²) in [4.78, 5) is 10.8. The molecular weight excluding hydrogens is 252 g/mol. The standard InChI is InChI=1S/C16H25N2O2/c1-14(16(17)19)18-11-7-2-3-8-12-20-13-15-9-5-4-6-10-15/h4-6,8-10,14,18H,2-3,7,11-13H2,1H3,(H2,17,19). The van der Waals surface area contributed by atoms with Crippen molar-refractivity contribution in [3.8, 4) is 0 Å². The quantitative estimate of drug-likeness (QED) is 0.608. The second kappa shape index (κ2) is 10.4. The van der Waals surface area contributed by atoms with Crippen LogP contribution in [0.4, 0.5) is 0 Å². The molecule has 0 saturated carbocycles. The van der Waals surface area contributed by atoms with Crippen LogP contribution in [-0.2, 0) is 16.1 Å². The van der Waals surface area contributed by atoms with Gasteiger partial charge in [0.05, 0.1) is 19.3 Å². The van der Waals surface area contributed by atoms with Crippen molar-refractivity contribution in [3.63, 3.8) is 0 Å². The summed E-state index contributed by atoms with van der Waals surface area (Å²) in [6, 6.07) is 9.92. The van der Waals surface area contributed by atoms with E-state index >= 15 is 0 Å². The van der Waals surface area contributed by atoms with Gasteiger partial charge >= 0.3 is 0 Å². The third-order valence-electron chi connectivity index (χ3n) is 3.06. The fourth-order valence-electron chi connectivity index (χ4n) is 1.75. The summed E-state index contributed by atoms with van der Waals surface area (Å²) in [6.45, 7) is 3.95. The lowest BCUT2D eigenvalue weighted by Gasteiger charge is -2.09. The van der Waals surface area contributed by atoms with Gasteiger partial charge in [0, 0.05) is 0 Å². The predicted octanol–water partition coefficient (Wildman–Crippen LogP) is 2.04. The summed E-state index contributed by atoms with van der Waals surface area (Å²) in [7, 11) is 0. The number of carbonyl (C=O) groups excluding carboxylic acids is 1. The van der Waals surface area contributed by atoms with E-state index in [1.54, 1.807) is 6.92 Å². The van der Waals surface area contributed by atoms with E-state index in [4.69, 9.17) is 10.5 Å². The first-order chi connectivity index (χ1) is 9.70. The first-order valence-electron chi connectivity index (χ1n) is 7.16. The van der Waals surface area contributed by atoms with Crippen LogP contribution in [0.2, 0.25) is 0 Å². The van der Waals surface area contributed by atoms with Crippen molar-refractivity contribution >= 4 is 5.91 Å². The van der Waals surface area contributed by atoms with Gasteiger partial charge in [0.15, 0.2) is 0 Å². The number of hydrogen-bond acceptors (Lipinski definition) is 3. The molecule has 0 aromatic heterocycles. The van der Waals surface area contributed by atoms with Crippen LogP contribution in [0.1, 0.15) is 31.7 Å². The molecular formula is C16H25N2O2. The zero-order valence-corrected chi connectivity index (χ0v) is 12.2. The predicted molar refractivity (Wildman–Crippen MR) is 80.9 cm³/mol. The minimum absolute atomic E-state index is 0.242. The van der Waals surface area contributed by atoms with Crippen molar-refractivity contribution in [3.05, 3.63) is 42.3 Å². The van der Waals surface area contributed by atoms with Crippen LogP contribution in [-0.4, -0.2) is 25.1 Å². The number of amides is 1. The molecule has 1 aromatic rings. The highest BCUT2D eigenvalue weighted by Crippen LogP contribution is 2.03. The first kappa shape index (κ1) is 16.7. The summed E-state index contributed by atoms with van der Waals surface area (Å²) in [5, 5.41) is 3.09. The third kappa shape index (κ3) is 7.92. The molecule has 111 valence electrons. The molecule has 1 rings (SSSR count). The second-order valence-corrected chi connectivity index (χ2v) is 4.86. The van der Waals surface area contributed by atoms with Crippen LogP contribution < -0.4 is 11.1 Å². The lowest BCUT2D eigenvalue weighted by Crippen LogP contribution is -2.39. The van der Waals surface area contributed by atoms with E-state index in [-0.39, 0.29) is 11.9 Å². The molecule has 0 saturated heterocycles. The third-order valence-corrected chi connectivity index (χ3v) is 3.06. The number of benzene rings is 1. The molecule has 0 heterocycles. The number of primary amides is 1. The van der Waals surface area contributed by atoms with Gasteiger partial charge in [-0.05, 0) is 38.3 Å². The second-order valence-electron chi connectivity index (χ2n) is 4.86. The van der Waals surface area contributed by atoms with E-state index in [1.807, 2.05) is 18.2 Å². The van der Waals surface area contributed by atoms with Gasteiger partial charge in [0.25, 0.3) is 0 Å². The maximum atomic E-state index is 10.8. The highest BCUT2D eigenvalue weighted by Gasteiger charge is 2.05. The average molecular weight is 277 g/mol. The van der Waals surface area contributed by atoms with Crippen molar-refractivity contribution in [1.82, 2.24) is 5.32 Å². The lowest BCUT2D eigenvalue weighted by molar-refractivity contribution is -0.119. The van der Waals surface area contributed by atoms with Gasteiger partial charge in [0.2, 0.25) is 5.91 Å². The van der Waals surface area contributed by atoms with Gasteiger partial charge in [-0.25, -0.2) is 0 Å². The molecule has 1 atom stereocenters. The molecule has 0 fully saturated rings. The number of unbranched alkanes of at least 4 members (excludes halogenated alkanes) is 3. The van der Waals surface area contributed by atoms with Crippen LogP contribution in [0, 0.1) is 6.42 Å². The first-order valence-corrected chi connectivity index (χ1v) is 7.16. The maximum Gasteiger partial charge on any atom is 0.234 e. The average Bonchev–Trinajstić information content (AvgIpc) is 2.46. The lowest BCUT2D eigenvalue weighted by atomic mass is 10.2. The Labute approximate surface area is 121 Å². The van der Waals surface area contributed by atoms with Gasteiger partial charge in [-0.2, -0.15) is 0 Å². The Bertz CT molecular complexity index is 368. The molecule has 1 aromatic carbocycles. The zero-order valence-electron chi connectivity index (χ0n) is 12.2. The number of nitrogens with one attached hydrogen (secondary N) is 1. The van der Waals surface area contributed by atoms with Crippen molar-refractivity contribution < 1.29 is 9.53 Å². The van der Waals surface area contributed by atoms with Crippen LogP contribution in [0.3, 0.4) is 0 Å². The van der Waals surface area contributed by atoms with E-state index in [9.17, 15) is 4.79 Å². The Morgan fingerprint density at radius 1 is 1.35 bits per heavy atom. The van der Waals surface area contributed by atoms with E-state index in [0.717, 1.165) is 25.8 Å². The van der Waals surface area contributed by atoms with E-state index < -0.39 is 0 Å². The summed E-state index contributed by atoms with van der Waals surface area (Å²) in [6.07, 6.45) is 5.31. The van der Waals surface area contributed by atoms with Crippen molar-refractivity contribution in [2.75, 3.05) is 13.2 Å². The molecule has 0 aliphatic rings. The van der Waals surface area contributed by atoms with E-state index in [2.05, 4.69) is 23.9 Å². The fraction of sp³-hybridized carbons (Fsp3) is 0.500. The topological polar surface area (TPSA) is 64.3 Å². The van der Waals surface area contributed by atoms with Gasteiger partial charge < -0.3 is 15.8 Å². The molecule has 3 N–H and O–H groups in total. The van der Waals surface area contributed by atoms with Gasteiger partial charge in [-0.15, -0.1) is 0 Å². The normalized spacial score (nSPS) is 12.2. The summed E-state index contributed by atoms with van der Waals surface area (Å²) < 4.78 is 5.56. The number of rotatable bonds is 11. The van der Waals surface area contributed by atoms with Crippen molar-refractivity contribution in [2.24, 2.45) is 5.73 Å². The van der Waals surface area contributed by atoms with Crippen LogP contribution in [0.15, 0.2) is 30.3 Å². The molecule has 0 aliphatic heterocycles. The highest BCUT2D eigenvalue weighted by molar-refractivity contribution is 5.79. The summed E-state index contributed by atoms with van der Waals surface area (Å²) >= 11 is 0. The Kier molecular flexibility index (Phi) is 8.67. The van der Waals surface area contributed by atoms with Gasteiger partial charge in [-0.1, -0.05) is 36.8 Å². The largest absolute Gasteiger partial charge is 0.376 e. The molecule has 1 radical (unpaired) electrons. The Hall–Kier alpha value is -1.39. The Balaban J connectivity index is 1.87. The number of carbonyl (C=O) groups is 1. The number of nitrogens with two attached hydrogens (primary N) is 1. The monoisotopic (exact) mass is 277 g/mol. The smallest absolute Gasteiger partial charge is 0.234 e. The zero-order chi connectivity index (χ0) is 14.6. The van der Waals surface area contributed by atoms with Gasteiger partial charge in [-0.3, -0.25) is 4.79 Å². The van der Waals surface area contributed by atoms with Crippen LogP contribution in [0.5, 0.6) is 0 Å².